The minimum atomic E-state index is 0.138. The molecule has 2 amide bonds. The molecule has 25 heavy (non-hydrogen) atoms. The van der Waals surface area contributed by atoms with Crippen LogP contribution in [0.5, 0.6) is 0 Å². The van der Waals surface area contributed by atoms with Gasteiger partial charge in [-0.2, -0.15) is 0 Å². The summed E-state index contributed by atoms with van der Waals surface area (Å²) in [5, 5.41) is 3.25. The minimum Gasteiger partial charge on any atom is -0.363 e. The first-order valence-corrected chi connectivity index (χ1v) is 9.52. The lowest BCUT2D eigenvalue weighted by Crippen LogP contribution is -2.43. The van der Waals surface area contributed by atoms with Gasteiger partial charge in [0.2, 0.25) is 0 Å². The third-order valence-corrected chi connectivity index (χ3v) is 5.22. The van der Waals surface area contributed by atoms with Crippen LogP contribution in [0, 0.1) is 0 Å². The zero-order valence-corrected chi connectivity index (χ0v) is 15.6. The van der Waals surface area contributed by atoms with E-state index in [1.54, 1.807) is 0 Å². The molecular weight excluding hydrogens is 314 g/mol. The van der Waals surface area contributed by atoms with Crippen LogP contribution in [0.2, 0.25) is 0 Å². The second kappa shape index (κ2) is 8.52. The number of nitrogens with zero attached hydrogens (tertiary/aromatic N) is 4. The molecule has 1 aromatic rings. The van der Waals surface area contributed by atoms with E-state index in [4.69, 9.17) is 0 Å². The van der Waals surface area contributed by atoms with Gasteiger partial charge < -0.3 is 15.1 Å². The van der Waals surface area contributed by atoms with E-state index >= 15 is 0 Å². The Bertz CT molecular complexity index is 553. The topological polar surface area (TPSA) is 51.7 Å². The fourth-order valence-electron chi connectivity index (χ4n) is 3.68. The summed E-state index contributed by atoms with van der Waals surface area (Å²) in [4.78, 5) is 23.2. The van der Waals surface area contributed by atoms with E-state index < -0.39 is 0 Å². The molecular formula is C19H31N5O. The number of nitrogens with one attached hydrogen (secondary N) is 1. The largest absolute Gasteiger partial charge is 0.363 e. The predicted octanol–water partition coefficient (Wildman–Crippen LogP) is 2.31. The summed E-state index contributed by atoms with van der Waals surface area (Å²) in [6, 6.07) is 4.69. The average Bonchev–Trinajstić information content (AvgIpc) is 3.06. The highest BCUT2D eigenvalue weighted by molar-refractivity contribution is 5.74. The van der Waals surface area contributed by atoms with Crippen LogP contribution in [0.25, 0.3) is 0 Å². The fourth-order valence-corrected chi connectivity index (χ4v) is 3.68. The number of hydrogen-bond acceptors (Lipinski definition) is 4. The van der Waals surface area contributed by atoms with Crippen LogP contribution in [0.4, 0.5) is 10.6 Å². The molecule has 3 heterocycles. The highest BCUT2D eigenvalue weighted by Gasteiger charge is 2.23. The Morgan fingerprint density at radius 1 is 1.16 bits per heavy atom. The van der Waals surface area contributed by atoms with Gasteiger partial charge in [-0.15, -0.1) is 0 Å². The van der Waals surface area contributed by atoms with Crippen LogP contribution in [0.1, 0.15) is 37.7 Å². The number of pyridine rings is 1. The fraction of sp³-hybridized carbons (Fsp3) is 0.684. The minimum absolute atomic E-state index is 0.138. The molecule has 3 rings (SSSR count). The first-order chi connectivity index (χ1) is 12.1. The SMILES string of the molecule is CN(C)c1ccc(CN2CCC[C@H](NC(=O)N3CCCC3)CC2)cn1. The van der Waals surface area contributed by atoms with Crippen molar-refractivity contribution in [2.45, 2.75) is 44.7 Å². The van der Waals surface area contributed by atoms with Gasteiger partial charge in [-0.25, -0.2) is 9.78 Å². The Kier molecular flexibility index (Phi) is 6.13. The van der Waals surface area contributed by atoms with Gasteiger partial charge in [0, 0.05) is 52.5 Å². The smallest absolute Gasteiger partial charge is 0.317 e. The van der Waals surface area contributed by atoms with Crippen molar-refractivity contribution in [2.75, 3.05) is 45.2 Å². The highest BCUT2D eigenvalue weighted by atomic mass is 16.2. The first kappa shape index (κ1) is 18.0. The summed E-state index contributed by atoms with van der Waals surface area (Å²) in [5.41, 5.74) is 1.25. The second-order valence-corrected chi connectivity index (χ2v) is 7.47. The number of carbonyl (C=O) groups excluding carboxylic acids is 1. The second-order valence-electron chi connectivity index (χ2n) is 7.47. The maximum Gasteiger partial charge on any atom is 0.317 e. The average molecular weight is 345 g/mol. The van der Waals surface area contributed by atoms with Gasteiger partial charge >= 0.3 is 6.03 Å². The zero-order valence-electron chi connectivity index (χ0n) is 15.6. The van der Waals surface area contributed by atoms with Crippen molar-refractivity contribution < 1.29 is 4.79 Å². The molecule has 0 radical (unpaired) electrons. The Hall–Kier alpha value is -1.82. The normalized spacial score (nSPS) is 21.8. The van der Waals surface area contributed by atoms with Crippen molar-refractivity contribution in [2.24, 2.45) is 0 Å². The number of likely N-dealkylation sites (tertiary alicyclic amines) is 2. The summed E-state index contributed by atoms with van der Waals surface area (Å²) in [5.74, 6) is 0.990. The number of anilines is 1. The van der Waals surface area contributed by atoms with Crippen LogP contribution in [-0.4, -0.2) is 67.1 Å². The number of hydrogen-bond donors (Lipinski definition) is 1. The van der Waals surface area contributed by atoms with Crippen molar-refractivity contribution in [1.29, 1.82) is 0 Å². The summed E-state index contributed by atoms with van der Waals surface area (Å²) in [6.07, 6.45) is 7.51. The molecule has 6 heteroatoms. The molecule has 1 N–H and O–H groups in total. The van der Waals surface area contributed by atoms with Crippen LogP contribution in [-0.2, 0) is 6.54 Å². The Labute approximate surface area is 151 Å². The predicted molar refractivity (Wildman–Crippen MR) is 101 cm³/mol. The third-order valence-electron chi connectivity index (χ3n) is 5.22. The van der Waals surface area contributed by atoms with Gasteiger partial charge in [0.15, 0.2) is 0 Å². The van der Waals surface area contributed by atoms with E-state index in [2.05, 4.69) is 27.3 Å². The Morgan fingerprint density at radius 3 is 2.64 bits per heavy atom. The van der Waals surface area contributed by atoms with Gasteiger partial charge in [-0.3, -0.25) is 4.90 Å². The standard InChI is InChI=1S/C19H31N5O/c1-22(2)18-8-7-16(14-20-18)15-23-10-5-6-17(9-13-23)21-19(25)24-11-3-4-12-24/h7-8,14,17H,3-6,9-13,15H2,1-2H3,(H,21,25)/t17-/m0/s1. The van der Waals surface area contributed by atoms with E-state index in [9.17, 15) is 4.79 Å². The van der Waals surface area contributed by atoms with Crippen molar-refractivity contribution >= 4 is 11.8 Å². The maximum atomic E-state index is 12.3. The molecule has 0 aliphatic carbocycles. The summed E-state index contributed by atoms with van der Waals surface area (Å²) in [6.45, 7) is 4.89. The van der Waals surface area contributed by atoms with Gasteiger partial charge in [0.25, 0.3) is 0 Å². The van der Waals surface area contributed by atoms with E-state index in [1.165, 1.54) is 5.56 Å². The number of rotatable bonds is 4. The Morgan fingerprint density at radius 2 is 1.96 bits per heavy atom. The molecule has 2 aliphatic heterocycles. The Balaban J connectivity index is 1.47. The lowest BCUT2D eigenvalue weighted by atomic mass is 10.1. The van der Waals surface area contributed by atoms with Crippen molar-refractivity contribution in [1.82, 2.24) is 20.1 Å². The number of amides is 2. The van der Waals surface area contributed by atoms with Crippen LogP contribution >= 0.6 is 0 Å². The molecule has 2 aliphatic rings. The van der Waals surface area contributed by atoms with Crippen LogP contribution in [0.3, 0.4) is 0 Å². The summed E-state index contributed by atoms with van der Waals surface area (Å²) in [7, 11) is 4.01. The van der Waals surface area contributed by atoms with Crippen molar-refractivity contribution in [3.8, 4) is 0 Å². The molecule has 0 spiro atoms. The molecule has 6 nitrogen and oxygen atoms in total. The molecule has 0 saturated carbocycles. The quantitative estimate of drug-likeness (QED) is 0.910. The monoisotopic (exact) mass is 345 g/mol. The van der Waals surface area contributed by atoms with E-state index in [1.807, 2.05) is 30.1 Å². The molecule has 0 unspecified atom stereocenters. The lowest BCUT2D eigenvalue weighted by Gasteiger charge is -2.23. The zero-order chi connectivity index (χ0) is 17.6. The van der Waals surface area contributed by atoms with E-state index in [0.717, 1.165) is 70.6 Å². The van der Waals surface area contributed by atoms with Gasteiger partial charge in [0.1, 0.15) is 5.82 Å². The number of aromatic nitrogens is 1. The molecule has 1 aromatic heterocycles. The molecule has 138 valence electrons. The molecule has 2 saturated heterocycles. The van der Waals surface area contributed by atoms with Gasteiger partial charge in [-0.05, 0) is 50.3 Å². The lowest BCUT2D eigenvalue weighted by molar-refractivity contribution is 0.202. The summed E-state index contributed by atoms with van der Waals surface area (Å²) >= 11 is 0. The van der Waals surface area contributed by atoms with Gasteiger partial charge in [-0.1, -0.05) is 6.07 Å². The molecule has 0 bridgehead atoms. The third kappa shape index (κ3) is 5.08. The number of carbonyl (C=O) groups is 1. The molecule has 1 atom stereocenters. The highest BCUT2D eigenvalue weighted by Crippen LogP contribution is 2.16. The van der Waals surface area contributed by atoms with E-state index in [-0.39, 0.29) is 6.03 Å². The van der Waals surface area contributed by atoms with Crippen LogP contribution in [0.15, 0.2) is 18.3 Å². The summed E-state index contributed by atoms with van der Waals surface area (Å²) < 4.78 is 0. The molecule has 2 fully saturated rings. The van der Waals surface area contributed by atoms with Crippen LogP contribution < -0.4 is 10.2 Å². The van der Waals surface area contributed by atoms with E-state index in [0.29, 0.717) is 6.04 Å². The maximum absolute atomic E-state index is 12.3. The van der Waals surface area contributed by atoms with Crippen molar-refractivity contribution in [3.05, 3.63) is 23.9 Å². The molecule has 0 aromatic carbocycles. The van der Waals surface area contributed by atoms with Gasteiger partial charge in [0.05, 0.1) is 0 Å². The number of urea groups is 1. The first-order valence-electron chi connectivity index (χ1n) is 9.52. The van der Waals surface area contributed by atoms with Crippen molar-refractivity contribution in [3.63, 3.8) is 0 Å².